The van der Waals surface area contributed by atoms with E-state index in [4.69, 9.17) is 45.3 Å². The third-order valence-corrected chi connectivity index (χ3v) is 6.34. The number of hydrogen-bond donors (Lipinski definition) is 1. The van der Waals surface area contributed by atoms with E-state index in [2.05, 4.69) is 11.2 Å². The van der Waals surface area contributed by atoms with Gasteiger partial charge >= 0.3 is 0 Å². The van der Waals surface area contributed by atoms with Gasteiger partial charge in [0.1, 0.15) is 17.0 Å². The lowest BCUT2D eigenvalue weighted by atomic mass is 9.80. The second-order valence-electron chi connectivity index (χ2n) is 7.67. The number of primary amides is 1. The first kappa shape index (κ1) is 22.9. The van der Waals surface area contributed by atoms with Crippen molar-refractivity contribution in [3.63, 3.8) is 0 Å². The Bertz CT molecular complexity index is 1410. The fourth-order valence-electron chi connectivity index (χ4n) is 3.59. The average Bonchev–Trinajstić information content (AvgIpc) is 3.22. The molecular formula is C24H17Cl3N4O2. The lowest BCUT2D eigenvalue weighted by Crippen LogP contribution is -2.30. The number of para-hydroxylation sites is 1. The molecule has 0 radical (unpaired) electrons. The Morgan fingerprint density at radius 1 is 1.12 bits per heavy atom. The van der Waals surface area contributed by atoms with Crippen LogP contribution in [-0.2, 0) is 12.0 Å². The molecule has 4 aromatic rings. The Labute approximate surface area is 205 Å². The van der Waals surface area contributed by atoms with Gasteiger partial charge in [0, 0.05) is 17.1 Å². The largest absolute Gasteiger partial charge is 0.457 e. The van der Waals surface area contributed by atoms with Gasteiger partial charge < -0.3 is 10.5 Å². The fourth-order valence-corrected chi connectivity index (χ4v) is 4.29. The van der Waals surface area contributed by atoms with Gasteiger partial charge in [-0.1, -0.05) is 53.0 Å². The maximum absolute atomic E-state index is 12.2. The van der Waals surface area contributed by atoms with Crippen LogP contribution in [0.5, 0.6) is 11.5 Å². The first-order chi connectivity index (χ1) is 15.7. The van der Waals surface area contributed by atoms with Crippen molar-refractivity contribution in [2.75, 3.05) is 0 Å². The lowest BCUT2D eigenvalue weighted by molar-refractivity contribution is 0.0998. The molecule has 1 unspecified atom stereocenters. The molecule has 0 saturated heterocycles. The van der Waals surface area contributed by atoms with Crippen LogP contribution in [0.15, 0.2) is 60.8 Å². The number of carbonyl (C=O) groups is 1. The third kappa shape index (κ3) is 4.49. The standard InChI is InChI=1S/C24H17Cl3N4O2/c1-24(12-28,13-31-11-17-19(25)10-20(26)21(27)22(17)30-31)18-9-15(7-8-16(18)23(29)32)33-14-5-3-2-4-6-14/h2-11H,13H2,1H3,(H2,29,32). The van der Waals surface area contributed by atoms with Crippen LogP contribution in [-0.4, -0.2) is 15.7 Å². The predicted molar refractivity (Wildman–Crippen MR) is 129 cm³/mol. The predicted octanol–water partition coefficient (Wildman–Crippen LogP) is 6.37. The minimum atomic E-state index is -1.19. The van der Waals surface area contributed by atoms with Crippen LogP contribution < -0.4 is 10.5 Å². The maximum Gasteiger partial charge on any atom is 0.249 e. The Morgan fingerprint density at radius 2 is 1.85 bits per heavy atom. The summed E-state index contributed by atoms with van der Waals surface area (Å²) in [4.78, 5) is 12.2. The van der Waals surface area contributed by atoms with Gasteiger partial charge in [0.2, 0.25) is 5.91 Å². The highest BCUT2D eigenvalue weighted by molar-refractivity contribution is 6.47. The van der Waals surface area contributed by atoms with Crippen LogP contribution in [0.4, 0.5) is 0 Å². The molecule has 0 fully saturated rings. The number of halogens is 3. The third-order valence-electron chi connectivity index (χ3n) is 5.24. The minimum Gasteiger partial charge on any atom is -0.457 e. The first-order valence-electron chi connectivity index (χ1n) is 9.81. The number of aromatic nitrogens is 2. The zero-order valence-electron chi connectivity index (χ0n) is 17.3. The molecule has 0 aliphatic rings. The summed E-state index contributed by atoms with van der Waals surface area (Å²) < 4.78 is 7.46. The van der Waals surface area contributed by atoms with Crippen molar-refractivity contribution in [1.29, 1.82) is 5.26 Å². The van der Waals surface area contributed by atoms with E-state index in [9.17, 15) is 10.1 Å². The van der Waals surface area contributed by atoms with Crippen LogP contribution in [0.1, 0.15) is 22.8 Å². The zero-order valence-corrected chi connectivity index (χ0v) is 19.6. The van der Waals surface area contributed by atoms with E-state index < -0.39 is 11.3 Å². The number of hydrogen-bond acceptors (Lipinski definition) is 4. The molecule has 1 heterocycles. The van der Waals surface area contributed by atoms with Gasteiger partial charge in [-0.15, -0.1) is 0 Å². The van der Waals surface area contributed by atoms with Gasteiger partial charge in [0.25, 0.3) is 0 Å². The van der Waals surface area contributed by atoms with Crippen molar-refractivity contribution in [1.82, 2.24) is 9.78 Å². The molecule has 2 N–H and O–H groups in total. The number of carbonyl (C=O) groups excluding carboxylic acids is 1. The fraction of sp³-hybridized carbons (Fsp3) is 0.125. The Hall–Kier alpha value is -3.24. The van der Waals surface area contributed by atoms with Gasteiger partial charge in [0.15, 0.2) is 0 Å². The summed E-state index contributed by atoms with van der Waals surface area (Å²) in [5.41, 5.74) is 5.49. The number of benzene rings is 3. The van der Waals surface area contributed by atoms with Crippen molar-refractivity contribution in [2.45, 2.75) is 18.9 Å². The topological polar surface area (TPSA) is 93.9 Å². The molecule has 166 valence electrons. The summed E-state index contributed by atoms with van der Waals surface area (Å²) in [5.74, 6) is 0.431. The summed E-state index contributed by atoms with van der Waals surface area (Å²) in [6.07, 6.45) is 1.68. The van der Waals surface area contributed by atoms with Gasteiger partial charge in [-0.3, -0.25) is 9.48 Å². The average molecular weight is 500 g/mol. The number of fused-ring (bicyclic) bond motifs is 1. The molecule has 0 saturated carbocycles. The number of rotatable bonds is 6. The summed E-state index contributed by atoms with van der Waals surface area (Å²) in [6.45, 7) is 1.79. The number of nitriles is 1. The Morgan fingerprint density at radius 3 is 2.52 bits per heavy atom. The Balaban J connectivity index is 1.78. The number of nitrogens with zero attached hydrogens (tertiary/aromatic N) is 3. The molecule has 33 heavy (non-hydrogen) atoms. The zero-order chi connectivity index (χ0) is 23.8. The molecule has 9 heteroatoms. The van der Waals surface area contributed by atoms with Gasteiger partial charge in [-0.2, -0.15) is 10.4 Å². The minimum absolute atomic E-state index is 0.0948. The molecule has 0 aliphatic carbocycles. The maximum atomic E-state index is 12.2. The quantitative estimate of drug-likeness (QED) is 0.312. The summed E-state index contributed by atoms with van der Waals surface area (Å²) in [6, 6.07) is 17.9. The van der Waals surface area contributed by atoms with E-state index in [1.54, 1.807) is 54.2 Å². The molecule has 0 spiro atoms. The highest BCUT2D eigenvalue weighted by Gasteiger charge is 2.32. The van der Waals surface area contributed by atoms with E-state index in [-0.39, 0.29) is 22.2 Å². The SMILES string of the molecule is CC(C#N)(Cn1cc2c(Cl)cc(Cl)c(Cl)c2n1)c1cc(Oc2ccccc2)ccc1C(N)=O. The van der Waals surface area contributed by atoms with E-state index in [0.717, 1.165) is 0 Å². The van der Waals surface area contributed by atoms with Crippen LogP contribution in [0.25, 0.3) is 10.9 Å². The first-order valence-corrected chi connectivity index (χ1v) is 10.9. The monoisotopic (exact) mass is 498 g/mol. The van der Waals surface area contributed by atoms with Crippen LogP contribution in [0, 0.1) is 11.3 Å². The highest BCUT2D eigenvalue weighted by Crippen LogP contribution is 2.37. The smallest absolute Gasteiger partial charge is 0.249 e. The molecular weight excluding hydrogens is 483 g/mol. The Kier molecular flexibility index (Phi) is 6.22. The van der Waals surface area contributed by atoms with E-state index in [1.807, 2.05) is 18.2 Å². The molecule has 1 amide bonds. The number of nitrogens with two attached hydrogens (primary N) is 1. The van der Waals surface area contributed by atoms with Crippen molar-refractivity contribution in [3.8, 4) is 17.6 Å². The van der Waals surface area contributed by atoms with E-state index >= 15 is 0 Å². The molecule has 4 rings (SSSR count). The van der Waals surface area contributed by atoms with Crippen molar-refractivity contribution in [3.05, 3.63) is 87.0 Å². The van der Waals surface area contributed by atoms with Crippen molar-refractivity contribution < 1.29 is 9.53 Å². The lowest BCUT2D eigenvalue weighted by Gasteiger charge is -2.25. The molecule has 6 nitrogen and oxygen atoms in total. The van der Waals surface area contributed by atoms with Crippen molar-refractivity contribution in [2.24, 2.45) is 5.73 Å². The second-order valence-corrected chi connectivity index (χ2v) is 8.87. The summed E-state index contributed by atoms with van der Waals surface area (Å²) in [5, 5.41) is 16.2. The van der Waals surface area contributed by atoms with E-state index in [0.29, 0.717) is 33.0 Å². The molecule has 3 aromatic carbocycles. The summed E-state index contributed by atoms with van der Waals surface area (Å²) >= 11 is 18.7. The van der Waals surface area contributed by atoms with Crippen molar-refractivity contribution >= 4 is 51.6 Å². The number of amides is 1. The second kappa shape index (κ2) is 8.95. The van der Waals surface area contributed by atoms with E-state index in [1.165, 1.54) is 0 Å². The van der Waals surface area contributed by atoms with Gasteiger partial charge in [0.05, 0.1) is 33.1 Å². The molecule has 0 aliphatic heterocycles. The molecule has 1 atom stereocenters. The van der Waals surface area contributed by atoms with Gasteiger partial charge in [-0.25, -0.2) is 0 Å². The van der Waals surface area contributed by atoms with Crippen LogP contribution in [0.3, 0.4) is 0 Å². The summed E-state index contributed by atoms with van der Waals surface area (Å²) in [7, 11) is 0. The van der Waals surface area contributed by atoms with Crippen LogP contribution >= 0.6 is 34.8 Å². The highest BCUT2D eigenvalue weighted by atomic mass is 35.5. The number of ether oxygens (including phenoxy) is 1. The molecule has 1 aromatic heterocycles. The molecule has 0 bridgehead atoms. The van der Waals surface area contributed by atoms with Crippen LogP contribution in [0.2, 0.25) is 15.1 Å². The van der Waals surface area contributed by atoms with Gasteiger partial charge in [-0.05, 0) is 48.9 Å². The normalized spacial score (nSPS) is 12.8.